The molecular formula is C13H10BrFINO. The predicted octanol–water partition coefficient (Wildman–Crippen LogP) is 4.35. The van der Waals surface area contributed by atoms with Crippen molar-refractivity contribution in [2.45, 2.75) is 6.61 Å². The van der Waals surface area contributed by atoms with E-state index in [1.165, 1.54) is 12.1 Å². The van der Waals surface area contributed by atoms with Gasteiger partial charge in [0, 0.05) is 9.64 Å². The first-order chi connectivity index (χ1) is 8.56. The van der Waals surface area contributed by atoms with Crippen LogP contribution in [0.5, 0.6) is 5.75 Å². The lowest BCUT2D eigenvalue weighted by Crippen LogP contribution is -1.99. The molecule has 2 aromatic rings. The zero-order chi connectivity index (χ0) is 13.1. The number of nitrogen functional groups attached to an aromatic ring is 1. The number of hydrogen-bond acceptors (Lipinski definition) is 2. The average Bonchev–Trinajstić information content (AvgIpc) is 2.34. The van der Waals surface area contributed by atoms with Crippen molar-refractivity contribution in [1.82, 2.24) is 0 Å². The molecule has 0 radical (unpaired) electrons. The number of rotatable bonds is 3. The summed E-state index contributed by atoms with van der Waals surface area (Å²) in [7, 11) is 0. The minimum atomic E-state index is -0.387. The van der Waals surface area contributed by atoms with Crippen molar-refractivity contribution in [1.29, 1.82) is 0 Å². The van der Waals surface area contributed by atoms with E-state index in [0.29, 0.717) is 22.5 Å². The van der Waals surface area contributed by atoms with E-state index in [-0.39, 0.29) is 5.82 Å². The molecule has 0 aliphatic rings. The number of benzene rings is 2. The zero-order valence-corrected chi connectivity index (χ0v) is 13.0. The van der Waals surface area contributed by atoms with E-state index < -0.39 is 0 Å². The van der Waals surface area contributed by atoms with E-state index in [9.17, 15) is 4.39 Å². The summed E-state index contributed by atoms with van der Waals surface area (Å²) >= 11 is 5.31. The van der Waals surface area contributed by atoms with Crippen LogP contribution in [0.15, 0.2) is 40.9 Å². The van der Waals surface area contributed by atoms with Crippen LogP contribution in [-0.2, 0) is 6.61 Å². The van der Waals surface area contributed by atoms with Gasteiger partial charge in [0.1, 0.15) is 18.2 Å². The van der Waals surface area contributed by atoms with Gasteiger partial charge in [-0.1, -0.05) is 12.1 Å². The second kappa shape index (κ2) is 5.88. The average molecular weight is 422 g/mol. The molecule has 0 amide bonds. The maximum atomic E-state index is 13.4. The Hall–Kier alpha value is -0.820. The molecular weight excluding hydrogens is 412 g/mol. The molecule has 0 saturated heterocycles. The van der Waals surface area contributed by atoms with Gasteiger partial charge in [0.2, 0.25) is 0 Å². The van der Waals surface area contributed by atoms with Crippen molar-refractivity contribution in [2.24, 2.45) is 0 Å². The van der Waals surface area contributed by atoms with E-state index in [2.05, 4.69) is 38.5 Å². The topological polar surface area (TPSA) is 35.2 Å². The molecule has 2 aromatic carbocycles. The Bertz CT molecular complexity index is 560. The minimum absolute atomic E-state index is 0.335. The van der Waals surface area contributed by atoms with Crippen LogP contribution in [0.25, 0.3) is 0 Å². The van der Waals surface area contributed by atoms with Crippen LogP contribution >= 0.6 is 38.5 Å². The van der Waals surface area contributed by atoms with Crippen molar-refractivity contribution in [3.8, 4) is 5.75 Å². The van der Waals surface area contributed by atoms with Crippen LogP contribution in [0.3, 0.4) is 0 Å². The Balaban J connectivity index is 2.10. The monoisotopic (exact) mass is 421 g/mol. The highest BCUT2D eigenvalue weighted by atomic mass is 127. The molecule has 0 fully saturated rings. The Morgan fingerprint density at radius 2 is 1.89 bits per heavy atom. The number of anilines is 1. The fraction of sp³-hybridized carbons (Fsp3) is 0.0769. The standard InChI is InChI=1S/C13H10BrFINO/c14-10-5-12(17)13(6-11(10)15)18-7-8-1-3-9(16)4-2-8/h1-6H,7,17H2. The molecule has 0 heterocycles. The Morgan fingerprint density at radius 3 is 2.56 bits per heavy atom. The molecule has 0 aromatic heterocycles. The molecule has 0 atom stereocenters. The summed E-state index contributed by atoms with van der Waals surface area (Å²) in [6, 6.07) is 10.7. The molecule has 5 heteroatoms. The van der Waals surface area contributed by atoms with Gasteiger partial charge in [0.15, 0.2) is 0 Å². The molecule has 0 bridgehead atoms. The van der Waals surface area contributed by atoms with Crippen LogP contribution in [0.1, 0.15) is 5.56 Å². The summed E-state index contributed by atoms with van der Waals surface area (Å²) in [5.74, 6) is -0.0314. The van der Waals surface area contributed by atoms with Gasteiger partial charge in [-0.25, -0.2) is 4.39 Å². The Morgan fingerprint density at radius 1 is 1.22 bits per heavy atom. The lowest BCUT2D eigenvalue weighted by atomic mass is 10.2. The summed E-state index contributed by atoms with van der Waals surface area (Å²) < 4.78 is 20.4. The zero-order valence-electron chi connectivity index (χ0n) is 9.29. The van der Waals surface area contributed by atoms with Crippen molar-refractivity contribution in [3.05, 3.63) is 55.8 Å². The van der Waals surface area contributed by atoms with Crippen molar-refractivity contribution >= 4 is 44.2 Å². The van der Waals surface area contributed by atoms with Crippen LogP contribution < -0.4 is 10.5 Å². The van der Waals surface area contributed by atoms with Crippen molar-refractivity contribution in [3.63, 3.8) is 0 Å². The molecule has 18 heavy (non-hydrogen) atoms. The summed E-state index contributed by atoms with van der Waals surface area (Å²) in [6.07, 6.45) is 0. The van der Waals surface area contributed by atoms with Crippen molar-refractivity contribution in [2.75, 3.05) is 5.73 Å². The van der Waals surface area contributed by atoms with E-state index in [1.807, 2.05) is 24.3 Å². The van der Waals surface area contributed by atoms with Gasteiger partial charge in [-0.2, -0.15) is 0 Å². The minimum Gasteiger partial charge on any atom is -0.487 e. The number of halogens is 3. The van der Waals surface area contributed by atoms with Gasteiger partial charge in [-0.3, -0.25) is 0 Å². The first-order valence-electron chi connectivity index (χ1n) is 5.18. The quantitative estimate of drug-likeness (QED) is 0.590. The van der Waals surface area contributed by atoms with E-state index in [4.69, 9.17) is 10.5 Å². The Labute approximate surface area is 127 Å². The molecule has 0 saturated carbocycles. The maximum absolute atomic E-state index is 13.4. The van der Waals surface area contributed by atoms with Gasteiger partial charge in [-0.15, -0.1) is 0 Å². The summed E-state index contributed by atoms with van der Waals surface area (Å²) in [4.78, 5) is 0. The van der Waals surface area contributed by atoms with Gasteiger partial charge in [-0.05, 0) is 62.3 Å². The smallest absolute Gasteiger partial charge is 0.145 e. The molecule has 0 aliphatic heterocycles. The Kier molecular flexibility index (Phi) is 4.45. The molecule has 2 nitrogen and oxygen atoms in total. The normalized spacial score (nSPS) is 10.4. The third-order valence-corrected chi connectivity index (χ3v) is 3.69. The van der Waals surface area contributed by atoms with Crippen LogP contribution in [0.4, 0.5) is 10.1 Å². The largest absolute Gasteiger partial charge is 0.487 e. The third kappa shape index (κ3) is 3.35. The molecule has 0 aliphatic carbocycles. The SMILES string of the molecule is Nc1cc(Br)c(F)cc1OCc1ccc(I)cc1. The molecule has 0 spiro atoms. The highest BCUT2D eigenvalue weighted by Crippen LogP contribution is 2.29. The third-order valence-electron chi connectivity index (χ3n) is 2.36. The first kappa shape index (κ1) is 13.6. The number of hydrogen-bond donors (Lipinski definition) is 1. The van der Waals surface area contributed by atoms with E-state index in [0.717, 1.165) is 9.13 Å². The summed E-state index contributed by atoms with van der Waals surface area (Å²) in [5, 5.41) is 0. The van der Waals surface area contributed by atoms with Crippen molar-refractivity contribution < 1.29 is 9.13 Å². The molecule has 0 unspecified atom stereocenters. The van der Waals surface area contributed by atoms with Gasteiger partial charge < -0.3 is 10.5 Å². The summed E-state index contributed by atoms with van der Waals surface area (Å²) in [6.45, 7) is 0.363. The van der Waals surface area contributed by atoms with Crippen LogP contribution in [-0.4, -0.2) is 0 Å². The van der Waals surface area contributed by atoms with Crippen LogP contribution in [0.2, 0.25) is 0 Å². The number of ether oxygens (including phenoxy) is 1. The number of nitrogens with two attached hydrogens (primary N) is 1. The van der Waals surface area contributed by atoms with Gasteiger partial charge in [0.05, 0.1) is 10.2 Å². The highest BCUT2D eigenvalue weighted by molar-refractivity contribution is 14.1. The predicted molar refractivity (Wildman–Crippen MR) is 82.0 cm³/mol. The van der Waals surface area contributed by atoms with E-state index in [1.54, 1.807) is 0 Å². The summed E-state index contributed by atoms with van der Waals surface area (Å²) in [5.41, 5.74) is 7.18. The fourth-order valence-corrected chi connectivity index (χ4v) is 2.13. The lowest BCUT2D eigenvalue weighted by molar-refractivity contribution is 0.306. The van der Waals surface area contributed by atoms with Gasteiger partial charge in [0.25, 0.3) is 0 Å². The van der Waals surface area contributed by atoms with Gasteiger partial charge >= 0.3 is 0 Å². The highest BCUT2D eigenvalue weighted by Gasteiger charge is 2.07. The first-order valence-corrected chi connectivity index (χ1v) is 7.05. The molecule has 2 N–H and O–H groups in total. The molecule has 94 valence electrons. The molecule has 2 rings (SSSR count). The fourth-order valence-electron chi connectivity index (χ4n) is 1.41. The lowest BCUT2D eigenvalue weighted by Gasteiger charge is -2.10. The van der Waals surface area contributed by atoms with E-state index >= 15 is 0 Å². The maximum Gasteiger partial charge on any atom is 0.145 e. The second-order valence-corrected chi connectivity index (χ2v) is 5.82. The second-order valence-electron chi connectivity index (χ2n) is 3.72. The van der Waals surface area contributed by atoms with Crippen LogP contribution in [0, 0.1) is 9.39 Å².